The third kappa shape index (κ3) is 2.43. The topological polar surface area (TPSA) is 46.6 Å². The first-order valence-corrected chi connectivity index (χ1v) is 5.75. The zero-order chi connectivity index (χ0) is 9.41. The van der Waals surface area contributed by atoms with Gasteiger partial charge in [-0.25, -0.2) is 8.42 Å². The standard InChI is InChI=1S/C7H15NO3S/c1-7(2)6-8(4-5-11-7)12(3,9)10/h4-6H2,1-3H3. The molecule has 1 fully saturated rings. The van der Waals surface area contributed by atoms with E-state index in [1.807, 2.05) is 13.8 Å². The van der Waals surface area contributed by atoms with Crippen molar-refractivity contribution in [3.05, 3.63) is 0 Å². The van der Waals surface area contributed by atoms with Crippen molar-refractivity contribution in [2.75, 3.05) is 26.0 Å². The molecular formula is C7H15NO3S. The Labute approximate surface area is 73.6 Å². The first-order chi connectivity index (χ1) is 5.31. The highest BCUT2D eigenvalue weighted by Crippen LogP contribution is 2.17. The largest absolute Gasteiger partial charge is 0.373 e. The summed E-state index contributed by atoms with van der Waals surface area (Å²) in [5.74, 6) is 0. The van der Waals surface area contributed by atoms with Gasteiger partial charge in [-0.2, -0.15) is 4.31 Å². The number of nitrogens with zero attached hydrogens (tertiary/aromatic N) is 1. The van der Waals surface area contributed by atoms with Crippen molar-refractivity contribution < 1.29 is 13.2 Å². The van der Waals surface area contributed by atoms with Crippen LogP contribution in [0.2, 0.25) is 0 Å². The smallest absolute Gasteiger partial charge is 0.211 e. The van der Waals surface area contributed by atoms with E-state index in [0.717, 1.165) is 0 Å². The van der Waals surface area contributed by atoms with Gasteiger partial charge in [-0.3, -0.25) is 0 Å². The molecule has 5 heteroatoms. The van der Waals surface area contributed by atoms with E-state index in [4.69, 9.17) is 4.74 Å². The maximum atomic E-state index is 11.1. The van der Waals surface area contributed by atoms with Gasteiger partial charge in [0.15, 0.2) is 0 Å². The monoisotopic (exact) mass is 193 g/mol. The quantitative estimate of drug-likeness (QED) is 0.591. The first kappa shape index (κ1) is 9.95. The predicted molar refractivity (Wildman–Crippen MR) is 46.4 cm³/mol. The number of hydrogen-bond donors (Lipinski definition) is 0. The summed E-state index contributed by atoms with van der Waals surface area (Å²) in [7, 11) is -3.04. The molecule has 1 heterocycles. The maximum Gasteiger partial charge on any atom is 0.211 e. The van der Waals surface area contributed by atoms with Crippen molar-refractivity contribution in [1.82, 2.24) is 4.31 Å². The van der Waals surface area contributed by atoms with Crippen molar-refractivity contribution in [2.45, 2.75) is 19.4 Å². The van der Waals surface area contributed by atoms with E-state index in [1.54, 1.807) is 0 Å². The van der Waals surface area contributed by atoms with Gasteiger partial charge in [0.05, 0.1) is 18.5 Å². The van der Waals surface area contributed by atoms with Gasteiger partial charge in [-0.05, 0) is 13.8 Å². The highest BCUT2D eigenvalue weighted by atomic mass is 32.2. The second-order valence-corrected chi connectivity index (χ2v) is 5.69. The molecule has 0 aromatic rings. The van der Waals surface area contributed by atoms with Crippen LogP contribution in [0.3, 0.4) is 0 Å². The summed E-state index contributed by atoms with van der Waals surface area (Å²) in [6.45, 7) is 5.20. The van der Waals surface area contributed by atoms with Crippen LogP contribution in [0.5, 0.6) is 0 Å². The lowest BCUT2D eigenvalue weighted by Crippen LogP contribution is -2.50. The molecule has 1 rings (SSSR count). The molecule has 0 unspecified atom stereocenters. The average Bonchev–Trinajstić information content (AvgIpc) is 1.83. The van der Waals surface area contributed by atoms with Crippen molar-refractivity contribution in [3.8, 4) is 0 Å². The molecule has 1 saturated heterocycles. The van der Waals surface area contributed by atoms with E-state index >= 15 is 0 Å². The first-order valence-electron chi connectivity index (χ1n) is 3.90. The Balaban J connectivity index is 2.71. The molecule has 0 aliphatic carbocycles. The predicted octanol–water partition coefficient (Wildman–Crippen LogP) is 0.0568. The van der Waals surface area contributed by atoms with E-state index in [-0.39, 0.29) is 5.60 Å². The SMILES string of the molecule is CC1(C)CN(S(C)(=O)=O)CCO1. The Bertz CT molecular complexity index is 258. The summed E-state index contributed by atoms with van der Waals surface area (Å²) in [4.78, 5) is 0. The van der Waals surface area contributed by atoms with Gasteiger partial charge in [0, 0.05) is 13.1 Å². The summed E-state index contributed by atoms with van der Waals surface area (Å²) in [5, 5.41) is 0. The number of rotatable bonds is 1. The Morgan fingerprint density at radius 3 is 2.33 bits per heavy atom. The van der Waals surface area contributed by atoms with Crippen molar-refractivity contribution in [1.29, 1.82) is 0 Å². The molecule has 1 aliphatic heterocycles. The van der Waals surface area contributed by atoms with E-state index in [0.29, 0.717) is 19.7 Å². The minimum atomic E-state index is -3.04. The van der Waals surface area contributed by atoms with Gasteiger partial charge < -0.3 is 4.74 Å². The Morgan fingerprint density at radius 1 is 1.42 bits per heavy atom. The lowest BCUT2D eigenvalue weighted by molar-refractivity contribution is -0.0638. The minimum absolute atomic E-state index is 0.346. The molecule has 1 aliphatic rings. The number of ether oxygens (including phenoxy) is 1. The molecule has 0 spiro atoms. The molecule has 0 aromatic heterocycles. The van der Waals surface area contributed by atoms with Crippen LogP contribution in [-0.2, 0) is 14.8 Å². The van der Waals surface area contributed by atoms with E-state index < -0.39 is 10.0 Å². The average molecular weight is 193 g/mol. The zero-order valence-corrected chi connectivity index (χ0v) is 8.52. The van der Waals surface area contributed by atoms with Crippen LogP contribution in [0.15, 0.2) is 0 Å². The van der Waals surface area contributed by atoms with Crippen molar-refractivity contribution >= 4 is 10.0 Å². The lowest BCUT2D eigenvalue weighted by Gasteiger charge is -2.36. The molecule has 0 N–H and O–H groups in total. The normalized spacial score (nSPS) is 25.6. The summed E-state index contributed by atoms with van der Waals surface area (Å²) >= 11 is 0. The molecule has 0 saturated carbocycles. The maximum absolute atomic E-state index is 11.1. The summed E-state index contributed by atoms with van der Waals surface area (Å²) in [6, 6.07) is 0. The second kappa shape index (κ2) is 2.97. The molecule has 0 bridgehead atoms. The molecule has 0 amide bonds. The van der Waals surface area contributed by atoms with Crippen LogP contribution >= 0.6 is 0 Å². The van der Waals surface area contributed by atoms with E-state index in [9.17, 15) is 8.42 Å². The van der Waals surface area contributed by atoms with Gasteiger partial charge in [-0.15, -0.1) is 0 Å². The molecule has 0 aromatic carbocycles. The van der Waals surface area contributed by atoms with Crippen LogP contribution < -0.4 is 0 Å². The Kier molecular flexibility index (Phi) is 2.47. The molecular weight excluding hydrogens is 178 g/mol. The number of sulfonamides is 1. The van der Waals surface area contributed by atoms with Gasteiger partial charge in [0.1, 0.15) is 0 Å². The van der Waals surface area contributed by atoms with Gasteiger partial charge in [0.2, 0.25) is 10.0 Å². The van der Waals surface area contributed by atoms with Crippen LogP contribution in [0, 0.1) is 0 Å². The fourth-order valence-electron chi connectivity index (χ4n) is 1.26. The Hall–Kier alpha value is -0.130. The number of hydrogen-bond acceptors (Lipinski definition) is 3. The van der Waals surface area contributed by atoms with Crippen LogP contribution in [0.25, 0.3) is 0 Å². The van der Waals surface area contributed by atoms with Crippen molar-refractivity contribution in [2.24, 2.45) is 0 Å². The van der Waals surface area contributed by atoms with Gasteiger partial charge in [-0.1, -0.05) is 0 Å². The molecule has 0 atom stereocenters. The minimum Gasteiger partial charge on any atom is -0.373 e. The van der Waals surface area contributed by atoms with E-state index in [1.165, 1.54) is 10.6 Å². The molecule has 12 heavy (non-hydrogen) atoms. The third-order valence-electron chi connectivity index (χ3n) is 1.86. The fraction of sp³-hybridized carbons (Fsp3) is 1.00. The summed E-state index contributed by atoms with van der Waals surface area (Å²) in [6.07, 6.45) is 1.23. The number of morpholine rings is 1. The van der Waals surface area contributed by atoms with Crippen LogP contribution in [-0.4, -0.2) is 44.3 Å². The van der Waals surface area contributed by atoms with Crippen LogP contribution in [0.1, 0.15) is 13.8 Å². The van der Waals surface area contributed by atoms with Gasteiger partial charge in [0.25, 0.3) is 0 Å². The third-order valence-corrected chi connectivity index (χ3v) is 3.11. The van der Waals surface area contributed by atoms with Crippen LogP contribution in [0.4, 0.5) is 0 Å². The fourth-order valence-corrected chi connectivity index (χ4v) is 2.21. The highest BCUT2D eigenvalue weighted by molar-refractivity contribution is 7.88. The molecule has 72 valence electrons. The Morgan fingerprint density at radius 2 is 2.00 bits per heavy atom. The summed E-state index contributed by atoms with van der Waals surface area (Å²) < 4.78 is 29.1. The van der Waals surface area contributed by atoms with E-state index in [2.05, 4.69) is 0 Å². The summed E-state index contributed by atoms with van der Waals surface area (Å²) in [5.41, 5.74) is -0.346. The molecule has 0 radical (unpaired) electrons. The molecule has 4 nitrogen and oxygen atoms in total. The highest BCUT2D eigenvalue weighted by Gasteiger charge is 2.31. The lowest BCUT2D eigenvalue weighted by atomic mass is 10.1. The zero-order valence-electron chi connectivity index (χ0n) is 7.70. The van der Waals surface area contributed by atoms with Gasteiger partial charge >= 0.3 is 0 Å². The second-order valence-electron chi connectivity index (χ2n) is 3.70. The van der Waals surface area contributed by atoms with Crippen molar-refractivity contribution in [3.63, 3.8) is 0 Å².